The second-order valence-electron chi connectivity index (χ2n) is 5.78. The van der Waals surface area contributed by atoms with E-state index in [4.69, 9.17) is 11.2 Å². The van der Waals surface area contributed by atoms with Crippen LogP contribution in [0, 0.1) is 19.3 Å². The van der Waals surface area contributed by atoms with Gasteiger partial charge in [0, 0.05) is 5.56 Å². The Morgan fingerprint density at radius 3 is 2.62 bits per heavy atom. The molecular weight excluding hydrogens is 346 g/mol. The van der Waals surface area contributed by atoms with E-state index in [1.54, 1.807) is 6.08 Å². The van der Waals surface area contributed by atoms with Crippen molar-refractivity contribution in [2.45, 2.75) is 13.5 Å². The monoisotopic (exact) mass is 363 g/mol. The number of amides is 2. The highest BCUT2D eigenvalue weighted by atomic mass is 32.2. The van der Waals surface area contributed by atoms with Crippen molar-refractivity contribution in [1.82, 2.24) is 4.90 Å². The van der Waals surface area contributed by atoms with Gasteiger partial charge in [0.25, 0.3) is 11.1 Å². The fraction of sp³-hybridized carbons (Fsp3) is 0.143. The SMILES string of the molecule is C#CCN1C(=O)SC(=Cc2ccccc2OCc2ccc(C)cc2)C1=O. The summed E-state index contributed by atoms with van der Waals surface area (Å²) in [7, 11) is 0. The predicted octanol–water partition coefficient (Wildman–Crippen LogP) is 4.24. The zero-order valence-corrected chi connectivity index (χ0v) is 15.1. The number of carbonyl (C=O) groups excluding carboxylic acids is 2. The number of thioether (sulfide) groups is 1. The standard InChI is InChI=1S/C21H17NO3S/c1-3-12-22-20(23)19(26-21(22)24)13-17-6-4-5-7-18(17)25-14-16-10-8-15(2)9-11-16/h1,4-11,13H,12,14H2,2H3. The Balaban J connectivity index is 1.79. The van der Waals surface area contributed by atoms with Gasteiger partial charge in [-0.25, -0.2) is 0 Å². The Labute approximate surface area is 156 Å². The van der Waals surface area contributed by atoms with Gasteiger partial charge in [-0.3, -0.25) is 14.5 Å². The average Bonchev–Trinajstić information content (AvgIpc) is 2.90. The fourth-order valence-corrected chi connectivity index (χ4v) is 3.27. The van der Waals surface area contributed by atoms with Gasteiger partial charge in [-0.2, -0.15) is 0 Å². The van der Waals surface area contributed by atoms with Crippen LogP contribution in [0.1, 0.15) is 16.7 Å². The Bertz CT molecular complexity index is 910. The van der Waals surface area contributed by atoms with E-state index in [1.165, 1.54) is 5.56 Å². The van der Waals surface area contributed by atoms with Crippen LogP contribution >= 0.6 is 11.8 Å². The van der Waals surface area contributed by atoms with Gasteiger partial charge < -0.3 is 4.74 Å². The van der Waals surface area contributed by atoms with E-state index in [-0.39, 0.29) is 17.7 Å². The molecule has 2 aromatic rings. The minimum atomic E-state index is -0.369. The molecule has 0 N–H and O–H groups in total. The highest BCUT2D eigenvalue weighted by molar-refractivity contribution is 8.18. The maximum Gasteiger partial charge on any atom is 0.294 e. The number of nitrogens with zero attached hydrogens (tertiary/aromatic N) is 1. The number of benzene rings is 2. The van der Waals surface area contributed by atoms with Crippen LogP contribution in [0.3, 0.4) is 0 Å². The molecule has 0 aliphatic carbocycles. The molecule has 0 unspecified atom stereocenters. The largest absolute Gasteiger partial charge is 0.488 e. The first kappa shape index (κ1) is 17.8. The molecule has 26 heavy (non-hydrogen) atoms. The number of para-hydroxylation sites is 1. The highest BCUT2D eigenvalue weighted by Gasteiger charge is 2.34. The molecule has 1 aliphatic rings. The number of ether oxygens (including phenoxy) is 1. The Hall–Kier alpha value is -2.97. The van der Waals surface area contributed by atoms with E-state index in [9.17, 15) is 9.59 Å². The van der Waals surface area contributed by atoms with E-state index in [2.05, 4.69) is 5.92 Å². The summed E-state index contributed by atoms with van der Waals surface area (Å²) in [5, 5.41) is -0.350. The van der Waals surface area contributed by atoms with Gasteiger partial charge in [-0.15, -0.1) is 6.42 Å². The zero-order valence-electron chi connectivity index (χ0n) is 14.3. The molecule has 1 heterocycles. The summed E-state index contributed by atoms with van der Waals surface area (Å²) in [5.41, 5.74) is 2.99. The molecule has 3 rings (SSSR count). The molecular formula is C21H17NO3S. The van der Waals surface area contributed by atoms with Crippen molar-refractivity contribution in [1.29, 1.82) is 0 Å². The summed E-state index contributed by atoms with van der Waals surface area (Å²) in [4.78, 5) is 25.6. The summed E-state index contributed by atoms with van der Waals surface area (Å²) in [6.07, 6.45) is 6.89. The molecule has 0 aromatic heterocycles. The number of aryl methyl sites for hydroxylation is 1. The number of carbonyl (C=O) groups is 2. The van der Waals surface area contributed by atoms with Crippen LogP contribution in [0.2, 0.25) is 0 Å². The van der Waals surface area contributed by atoms with Gasteiger partial charge in [0.1, 0.15) is 12.4 Å². The molecule has 2 aromatic carbocycles. The zero-order chi connectivity index (χ0) is 18.5. The third-order valence-corrected chi connectivity index (χ3v) is 4.75. The van der Waals surface area contributed by atoms with Crippen molar-refractivity contribution in [2.24, 2.45) is 0 Å². The summed E-state index contributed by atoms with van der Waals surface area (Å²) in [6, 6.07) is 15.5. The lowest BCUT2D eigenvalue weighted by Crippen LogP contribution is -2.28. The van der Waals surface area contributed by atoms with Crippen LogP contribution in [0.15, 0.2) is 53.4 Å². The Kier molecular flexibility index (Phi) is 5.45. The third kappa shape index (κ3) is 3.98. The molecule has 0 spiro atoms. The number of imide groups is 1. The molecule has 1 aliphatic heterocycles. The summed E-state index contributed by atoms with van der Waals surface area (Å²) < 4.78 is 5.91. The molecule has 4 nitrogen and oxygen atoms in total. The van der Waals surface area contributed by atoms with Gasteiger partial charge in [0.05, 0.1) is 11.4 Å². The van der Waals surface area contributed by atoms with E-state index >= 15 is 0 Å². The first-order chi connectivity index (χ1) is 12.6. The van der Waals surface area contributed by atoms with Gasteiger partial charge >= 0.3 is 0 Å². The number of terminal acetylenes is 1. The Morgan fingerprint density at radius 2 is 1.88 bits per heavy atom. The van der Waals surface area contributed by atoms with Crippen LogP contribution in [-0.4, -0.2) is 22.6 Å². The number of hydrogen-bond acceptors (Lipinski definition) is 4. The molecule has 130 valence electrons. The lowest BCUT2D eigenvalue weighted by molar-refractivity contribution is -0.122. The third-order valence-electron chi connectivity index (χ3n) is 3.84. The van der Waals surface area contributed by atoms with Crippen LogP contribution in [0.4, 0.5) is 4.79 Å². The lowest BCUT2D eigenvalue weighted by atomic mass is 10.1. The van der Waals surface area contributed by atoms with E-state index in [1.807, 2.05) is 55.5 Å². The van der Waals surface area contributed by atoms with Crippen molar-refractivity contribution in [3.8, 4) is 18.1 Å². The van der Waals surface area contributed by atoms with Crippen molar-refractivity contribution >= 4 is 29.0 Å². The molecule has 5 heteroatoms. The quantitative estimate of drug-likeness (QED) is 0.589. The highest BCUT2D eigenvalue weighted by Crippen LogP contribution is 2.33. The molecule has 0 bridgehead atoms. The van der Waals surface area contributed by atoms with Crippen molar-refractivity contribution in [3.63, 3.8) is 0 Å². The summed E-state index contributed by atoms with van der Waals surface area (Å²) in [5.74, 6) is 2.61. The number of hydrogen-bond donors (Lipinski definition) is 0. The van der Waals surface area contributed by atoms with Crippen molar-refractivity contribution in [3.05, 3.63) is 70.1 Å². The van der Waals surface area contributed by atoms with Crippen LogP contribution in [0.25, 0.3) is 6.08 Å². The average molecular weight is 363 g/mol. The van der Waals surface area contributed by atoms with Gasteiger partial charge in [-0.05, 0) is 36.4 Å². The molecule has 0 saturated carbocycles. The topological polar surface area (TPSA) is 46.6 Å². The van der Waals surface area contributed by atoms with Crippen LogP contribution < -0.4 is 4.74 Å². The molecule has 2 amide bonds. The molecule has 1 fully saturated rings. The van der Waals surface area contributed by atoms with E-state index in [0.717, 1.165) is 27.8 Å². The van der Waals surface area contributed by atoms with E-state index in [0.29, 0.717) is 17.3 Å². The molecule has 0 radical (unpaired) electrons. The fourth-order valence-electron chi connectivity index (χ4n) is 2.45. The first-order valence-electron chi connectivity index (χ1n) is 8.04. The van der Waals surface area contributed by atoms with Crippen molar-refractivity contribution < 1.29 is 14.3 Å². The normalized spacial score (nSPS) is 15.4. The minimum Gasteiger partial charge on any atom is -0.488 e. The maximum absolute atomic E-state index is 12.3. The minimum absolute atomic E-state index is 0.0203. The maximum atomic E-state index is 12.3. The first-order valence-corrected chi connectivity index (χ1v) is 8.86. The summed E-state index contributed by atoms with van der Waals surface area (Å²) in [6.45, 7) is 2.43. The molecule has 0 atom stereocenters. The van der Waals surface area contributed by atoms with E-state index < -0.39 is 0 Å². The smallest absolute Gasteiger partial charge is 0.294 e. The lowest BCUT2D eigenvalue weighted by Gasteiger charge is -2.10. The molecule has 1 saturated heterocycles. The second-order valence-corrected chi connectivity index (χ2v) is 6.78. The predicted molar refractivity (Wildman–Crippen MR) is 103 cm³/mol. The van der Waals surface area contributed by atoms with Gasteiger partial charge in [0.2, 0.25) is 0 Å². The van der Waals surface area contributed by atoms with Crippen molar-refractivity contribution in [2.75, 3.05) is 6.54 Å². The Morgan fingerprint density at radius 1 is 1.15 bits per heavy atom. The van der Waals surface area contributed by atoms with Crippen LogP contribution in [0.5, 0.6) is 5.75 Å². The van der Waals surface area contributed by atoms with Gasteiger partial charge in [-0.1, -0.05) is 53.9 Å². The number of rotatable bonds is 5. The summed E-state index contributed by atoms with van der Waals surface area (Å²) >= 11 is 0.889. The van der Waals surface area contributed by atoms with Crippen LogP contribution in [-0.2, 0) is 11.4 Å². The second kappa shape index (κ2) is 7.94. The van der Waals surface area contributed by atoms with Gasteiger partial charge in [0.15, 0.2) is 0 Å².